The number of fused-ring (bicyclic) bond motifs is 2. The summed E-state index contributed by atoms with van der Waals surface area (Å²) in [6.45, 7) is 10.9. The van der Waals surface area contributed by atoms with Gasteiger partial charge in [-0.15, -0.1) is 5.10 Å². The molecule has 0 spiro atoms. The number of aryl methyl sites for hydroxylation is 4. The molecule has 0 saturated carbocycles. The Labute approximate surface area is 224 Å². The Morgan fingerprint density at radius 3 is 2.71 bits per heavy atom. The number of carboxylic acids is 1. The normalized spacial score (nSPS) is 16.6. The quantitative estimate of drug-likeness (QED) is 0.344. The Kier molecular flexibility index (Phi) is 7.21. The molecule has 38 heavy (non-hydrogen) atoms. The summed E-state index contributed by atoms with van der Waals surface area (Å²) in [5.74, 6) is -0.0839. The second-order valence-electron chi connectivity index (χ2n) is 10.6. The molecule has 0 radical (unpaired) electrons. The smallest absolute Gasteiger partial charge is 0.304 e. The fraction of sp³-hybridized carbons (Fsp3) is 0.387. The van der Waals surface area contributed by atoms with Crippen LogP contribution in [0.5, 0.6) is 5.75 Å². The van der Waals surface area contributed by atoms with Crippen molar-refractivity contribution in [1.82, 2.24) is 19.9 Å². The molecule has 5 rings (SSSR count). The van der Waals surface area contributed by atoms with Crippen LogP contribution in [0.1, 0.15) is 64.6 Å². The minimum atomic E-state index is -0.821. The van der Waals surface area contributed by atoms with E-state index in [-0.39, 0.29) is 18.4 Å². The van der Waals surface area contributed by atoms with Crippen molar-refractivity contribution in [2.45, 2.75) is 65.6 Å². The molecular weight excluding hydrogens is 476 g/mol. The number of hydrogen-bond donors (Lipinski definition) is 1. The van der Waals surface area contributed by atoms with Crippen molar-refractivity contribution >= 4 is 17.0 Å². The molecule has 2 atom stereocenters. The fourth-order valence-corrected chi connectivity index (χ4v) is 5.66. The van der Waals surface area contributed by atoms with E-state index in [1.165, 1.54) is 22.3 Å². The maximum absolute atomic E-state index is 12.0. The Morgan fingerprint density at radius 1 is 1.13 bits per heavy atom. The fourth-order valence-electron chi connectivity index (χ4n) is 5.66. The van der Waals surface area contributed by atoms with E-state index in [9.17, 15) is 9.90 Å². The highest BCUT2D eigenvalue weighted by Crippen LogP contribution is 2.35. The van der Waals surface area contributed by atoms with Gasteiger partial charge in [-0.05, 0) is 66.6 Å². The Hall–Kier alpha value is -3.71. The number of ether oxygens (including phenoxy) is 1. The number of carboxylic acid groups (broad SMARTS) is 1. The summed E-state index contributed by atoms with van der Waals surface area (Å²) in [6, 6.07) is 16.8. The minimum absolute atomic E-state index is 0.0111. The Bertz CT molecular complexity index is 1490. The molecule has 7 nitrogen and oxygen atoms in total. The third kappa shape index (κ3) is 5.03. The van der Waals surface area contributed by atoms with Crippen LogP contribution in [0.2, 0.25) is 0 Å². The lowest BCUT2D eigenvalue weighted by Gasteiger charge is -2.25. The first-order chi connectivity index (χ1) is 18.2. The largest absolute Gasteiger partial charge is 0.488 e. The van der Waals surface area contributed by atoms with Gasteiger partial charge in [-0.3, -0.25) is 9.69 Å². The number of aromatic nitrogens is 3. The van der Waals surface area contributed by atoms with Gasteiger partial charge < -0.3 is 9.84 Å². The molecule has 0 bridgehead atoms. The van der Waals surface area contributed by atoms with Crippen molar-refractivity contribution in [3.05, 3.63) is 87.5 Å². The van der Waals surface area contributed by atoms with Crippen molar-refractivity contribution in [3.8, 4) is 5.75 Å². The monoisotopic (exact) mass is 512 g/mol. The molecule has 0 amide bonds. The average Bonchev–Trinajstić information content (AvgIpc) is 3.16. The van der Waals surface area contributed by atoms with Crippen LogP contribution in [0.25, 0.3) is 11.0 Å². The predicted molar refractivity (Wildman–Crippen MR) is 149 cm³/mol. The standard InChI is InChI=1S/C31H36N4O3/c1-6-25-18-35(16-23-9-7-8-20(3)31(23)38-25)17-24-14-22(11-10-19(24)2)27(15-29(36)37)26-12-13-28-30(21(26)4)32-33-34(28)5/h7-14,25,27H,6,15-18H2,1-5H3,(H,36,37). The predicted octanol–water partition coefficient (Wildman–Crippen LogP) is 5.67. The summed E-state index contributed by atoms with van der Waals surface area (Å²) in [7, 11) is 1.87. The Morgan fingerprint density at radius 2 is 1.95 bits per heavy atom. The first-order valence-electron chi connectivity index (χ1n) is 13.3. The number of aliphatic carboxylic acids is 1. The van der Waals surface area contributed by atoms with E-state index in [2.05, 4.69) is 72.4 Å². The van der Waals surface area contributed by atoms with E-state index in [1.807, 2.05) is 26.1 Å². The van der Waals surface area contributed by atoms with Gasteiger partial charge in [-0.2, -0.15) is 0 Å². The molecule has 4 aromatic rings. The van der Waals surface area contributed by atoms with Gasteiger partial charge in [-0.25, -0.2) is 4.68 Å². The van der Waals surface area contributed by atoms with Crippen LogP contribution in [0.4, 0.5) is 0 Å². The number of para-hydroxylation sites is 1. The number of benzene rings is 3. The first kappa shape index (κ1) is 25.9. The van der Waals surface area contributed by atoms with Gasteiger partial charge in [0.25, 0.3) is 0 Å². The lowest BCUT2D eigenvalue weighted by molar-refractivity contribution is -0.137. The van der Waals surface area contributed by atoms with Crippen LogP contribution >= 0.6 is 0 Å². The molecule has 2 unspecified atom stereocenters. The van der Waals surface area contributed by atoms with Gasteiger partial charge >= 0.3 is 5.97 Å². The van der Waals surface area contributed by atoms with Crippen molar-refractivity contribution in [1.29, 1.82) is 0 Å². The molecule has 1 aliphatic rings. The molecule has 0 fully saturated rings. The van der Waals surface area contributed by atoms with Crippen molar-refractivity contribution in [3.63, 3.8) is 0 Å². The second-order valence-corrected chi connectivity index (χ2v) is 10.6. The summed E-state index contributed by atoms with van der Waals surface area (Å²) in [5.41, 5.74) is 9.52. The lowest BCUT2D eigenvalue weighted by atomic mass is 9.84. The van der Waals surface area contributed by atoms with Gasteiger partial charge in [0.15, 0.2) is 0 Å². The molecule has 1 aliphatic heterocycles. The lowest BCUT2D eigenvalue weighted by Crippen LogP contribution is -2.32. The maximum atomic E-state index is 12.0. The van der Waals surface area contributed by atoms with Crippen LogP contribution in [-0.2, 0) is 24.9 Å². The summed E-state index contributed by atoms with van der Waals surface area (Å²) in [6.07, 6.45) is 1.08. The van der Waals surface area contributed by atoms with Crippen LogP contribution in [0.15, 0.2) is 48.5 Å². The average molecular weight is 513 g/mol. The van der Waals surface area contributed by atoms with E-state index in [1.54, 1.807) is 4.68 Å². The number of carbonyl (C=O) groups is 1. The van der Waals surface area contributed by atoms with Gasteiger partial charge in [0.05, 0.1) is 11.9 Å². The highest BCUT2D eigenvalue weighted by atomic mass is 16.5. The molecule has 1 N–H and O–H groups in total. The number of hydrogen-bond acceptors (Lipinski definition) is 5. The van der Waals surface area contributed by atoms with Crippen LogP contribution < -0.4 is 4.74 Å². The number of nitrogens with zero attached hydrogens (tertiary/aromatic N) is 4. The summed E-state index contributed by atoms with van der Waals surface area (Å²) in [4.78, 5) is 14.5. The van der Waals surface area contributed by atoms with E-state index in [0.29, 0.717) is 0 Å². The molecule has 0 saturated heterocycles. The molecule has 1 aromatic heterocycles. The van der Waals surface area contributed by atoms with Crippen LogP contribution in [0.3, 0.4) is 0 Å². The van der Waals surface area contributed by atoms with Gasteiger partial charge in [0.2, 0.25) is 0 Å². The molecular formula is C31H36N4O3. The summed E-state index contributed by atoms with van der Waals surface area (Å²) < 4.78 is 8.18. The van der Waals surface area contributed by atoms with Crippen molar-refractivity contribution in [2.24, 2.45) is 7.05 Å². The molecule has 198 valence electrons. The third-order valence-electron chi connectivity index (χ3n) is 7.89. The van der Waals surface area contributed by atoms with Gasteiger partial charge in [-0.1, -0.05) is 54.6 Å². The topological polar surface area (TPSA) is 80.5 Å². The summed E-state index contributed by atoms with van der Waals surface area (Å²) in [5, 5.41) is 18.3. The van der Waals surface area contributed by atoms with E-state index in [4.69, 9.17) is 4.74 Å². The van der Waals surface area contributed by atoms with Crippen molar-refractivity contribution in [2.75, 3.05) is 6.54 Å². The van der Waals surface area contributed by atoms with E-state index in [0.717, 1.165) is 59.5 Å². The zero-order chi connectivity index (χ0) is 27.0. The first-order valence-corrected chi connectivity index (χ1v) is 13.3. The van der Waals surface area contributed by atoms with Gasteiger partial charge in [0.1, 0.15) is 17.4 Å². The number of rotatable bonds is 7. The van der Waals surface area contributed by atoms with Crippen LogP contribution in [0, 0.1) is 20.8 Å². The third-order valence-corrected chi connectivity index (χ3v) is 7.89. The van der Waals surface area contributed by atoms with Crippen LogP contribution in [-0.4, -0.2) is 43.6 Å². The molecule has 7 heteroatoms. The second kappa shape index (κ2) is 10.6. The zero-order valence-electron chi connectivity index (χ0n) is 22.9. The highest BCUT2D eigenvalue weighted by Gasteiger charge is 2.25. The summed E-state index contributed by atoms with van der Waals surface area (Å²) >= 11 is 0. The Balaban J connectivity index is 1.50. The zero-order valence-corrected chi connectivity index (χ0v) is 22.9. The molecule has 0 aliphatic carbocycles. The van der Waals surface area contributed by atoms with Crippen molar-refractivity contribution < 1.29 is 14.6 Å². The van der Waals surface area contributed by atoms with E-state index >= 15 is 0 Å². The highest BCUT2D eigenvalue weighted by molar-refractivity contribution is 5.80. The SMILES string of the molecule is CCC1CN(Cc2cc(C(CC(=O)O)c3ccc4c(nnn4C)c3C)ccc2C)Cc2cccc(C)c2O1. The molecule has 2 heterocycles. The maximum Gasteiger partial charge on any atom is 0.304 e. The minimum Gasteiger partial charge on any atom is -0.488 e. The van der Waals surface area contributed by atoms with Gasteiger partial charge in [0, 0.05) is 38.2 Å². The molecule has 3 aromatic carbocycles. The van der Waals surface area contributed by atoms with E-state index < -0.39 is 5.97 Å².